The maximum absolute atomic E-state index is 13.0. The summed E-state index contributed by atoms with van der Waals surface area (Å²) >= 11 is 0. The minimum absolute atomic E-state index is 0.316. The van der Waals surface area contributed by atoms with E-state index in [1.165, 1.54) is 18.2 Å². The number of hydrogen-bond donors (Lipinski definition) is 2. The lowest BCUT2D eigenvalue weighted by atomic mass is 10.2. The highest BCUT2D eigenvalue weighted by molar-refractivity contribution is 5.98. The summed E-state index contributed by atoms with van der Waals surface area (Å²) in [6, 6.07) is 4.25. The third-order valence-corrected chi connectivity index (χ3v) is 2.87. The Balaban J connectivity index is 2.00. The van der Waals surface area contributed by atoms with E-state index in [0.717, 1.165) is 0 Å². The molecule has 0 aliphatic heterocycles. The fourth-order valence-electron chi connectivity index (χ4n) is 1.72. The van der Waals surface area contributed by atoms with Crippen LogP contribution in [-0.2, 0) is 9.59 Å². The molecule has 0 unspecified atom stereocenters. The molecule has 0 heterocycles. The van der Waals surface area contributed by atoms with Gasteiger partial charge in [-0.25, -0.2) is 4.39 Å². The molecule has 1 aromatic carbocycles. The van der Waals surface area contributed by atoms with E-state index >= 15 is 0 Å². The Morgan fingerprint density at radius 2 is 2.12 bits per heavy atom. The molecule has 2 rings (SSSR count). The van der Waals surface area contributed by atoms with E-state index in [1.54, 1.807) is 6.92 Å². The summed E-state index contributed by atoms with van der Waals surface area (Å²) in [5.74, 6) is -2.63. The standard InChI is InChI=1S/C12H12FNO3/c1-6-4-7(2-3-10(6)13)14-11(15)8-5-9(8)12(16)17/h2-4,8-9H,5H2,1H3,(H,14,15)(H,16,17)/t8-,9+/m1/s1. The normalized spacial score (nSPS) is 22.0. The van der Waals surface area contributed by atoms with Gasteiger partial charge in [0.1, 0.15) is 5.82 Å². The van der Waals surface area contributed by atoms with Crippen LogP contribution in [0.1, 0.15) is 12.0 Å². The van der Waals surface area contributed by atoms with E-state index in [4.69, 9.17) is 5.11 Å². The van der Waals surface area contributed by atoms with Crippen molar-refractivity contribution < 1.29 is 19.1 Å². The average Bonchev–Trinajstić information content (AvgIpc) is 3.03. The molecule has 0 radical (unpaired) electrons. The maximum atomic E-state index is 13.0. The van der Waals surface area contributed by atoms with Crippen LogP contribution in [0.15, 0.2) is 18.2 Å². The first-order chi connectivity index (χ1) is 7.99. The first-order valence-electron chi connectivity index (χ1n) is 5.29. The van der Waals surface area contributed by atoms with Crippen molar-refractivity contribution in [3.63, 3.8) is 0 Å². The van der Waals surface area contributed by atoms with Gasteiger partial charge in [-0.2, -0.15) is 0 Å². The van der Waals surface area contributed by atoms with Crippen LogP contribution in [0.2, 0.25) is 0 Å². The van der Waals surface area contributed by atoms with E-state index in [1.807, 2.05) is 0 Å². The molecule has 0 aromatic heterocycles. The number of amides is 1. The van der Waals surface area contributed by atoms with Gasteiger partial charge in [0.05, 0.1) is 11.8 Å². The number of carboxylic acid groups (broad SMARTS) is 1. The molecular weight excluding hydrogens is 225 g/mol. The third-order valence-electron chi connectivity index (χ3n) is 2.87. The number of aryl methyl sites for hydroxylation is 1. The van der Waals surface area contributed by atoms with E-state index in [2.05, 4.69) is 5.32 Å². The van der Waals surface area contributed by atoms with Crippen LogP contribution in [0.3, 0.4) is 0 Å². The third kappa shape index (κ3) is 2.43. The van der Waals surface area contributed by atoms with Crippen molar-refractivity contribution >= 4 is 17.6 Å². The fraction of sp³-hybridized carbons (Fsp3) is 0.333. The number of benzene rings is 1. The zero-order valence-electron chi connectivity index (χ0n) is 9.24. The van der Waals surface area contributed by atoms with Gasteiger partial charge in [0, 0.05) is 5.69 Å². The van der Waals surface area contributed by atoms with Crippen molar-refractivity contribution in [2.75, 3.05) is 5.32 Å². The maximum Gasteiger partial charge on any atom is 0.307 e. The van der Waals surface area contributed by atoms with Crippen molar-refractivity contribution in [1.82, 2.24) is 0 Å². The van der Waals surface area contributed by atoms with Crippen LogP contribution in [0.25, 0.3) is 0 Å². The second-order valence-electron chi connectivity index (χ2n) is 4.24. The first kappa shape index (κ1) is 11.6. The summed E-state index contributed by atoms with van der Waals surface area (Å²) < 4.78 is 13.0. The summed E-state index contributed by atoms with van der Waals surface area (Å²) in [4.78, 5) is 22.2. The highest BCUT2D eigenvalue weighted by atomic mass is 19.1. The average molecular weight is 237 g/mol. The molecule has 2 atom stereocenters. The number of rotatable bonds is 3. The molecule has 1 aliphatic carbocycles. The number of aliphatic carboxylic acids is 1. The highest BCUT2D eigenvalue weighted by Gasteiger charge is 2.48. The second-order valence-corrected chi connectivity index (χ2v) is 4.24. The molecule has 90 valence electrons. The minimum atomic E-state index is -0.944. The van der Waals surface area contributed by atoms with E-state index in [0.29, 0.717) is 17.7 Å². The van der Waals surface area contributed by atoms with E-state index in [-0.39, 0.29) is 11.7 Å². The number of carboxylic acids is 1. The summed E-state index contributed by atoms with van der Waals surface area (Å²) in [7, 11) is 0. The molecule has 0 saturated heterocycles. The van der Waals surface area contributed by atoms with Crippen LogP contribution in [0.4, 0.5) is 10.1 Å². The van der Waals surface area contributed by atoms with Crippen LogP contribution in [0.5, 0.6) is 0 Å². The molecule has 0 spiro atoms. The van der Waals surface area contributed by atoms with Gasteiger partial charge >= 0.3 is 5.97 Å². The largest absolute Gasteiger partial charge is 0.481 e. The number of carbonyl (C=O) groups excluding carboxylic acids is 1. The van der Waals surface area contributed by atoms with Gasteiger partial charge in [0.25, 0.3) is 0 Å². The molecule has 1 aromatic rings. The quantitative estimate of drug-likeness (QED) is 0.842. The lowest BCUT2D eigenvalue weighted by molar-refractivity contribution is -0.139. The number of nitrogens with one attached hydrogen (secondary N) is 1. The molecular formula is C12H12FNO3. The summed E-state index contributed by atoms with van der Waals surface area (Å²) in [6.45, 7) is 1.60. The lowest BCUT2D eigenvalue weighted by Gasteiger charge is -2.05. The van der Waals surface area contributed by atoms with Gasteiger partial charge in [-0.05, 0) is 37.1 Å². The van der Waals surface area contributed by atoms with Gasteiger partial charge in [0.15, 0.2) is 0 Å². The minimum Gasteiger partial charge on any atom is -0.481 e. The van der Waals surface area contributed by atoms with Crippen molar-refractivity contribution in [1.29, 1.82) is 0 Å². The molecule has 2 N–H and O–H groups in total. The zero-order valence-corrected chi connectivity index (χ0v) is 9.24. The molecule has 5 heteroatoms. The fourth-order valence-corrected chi connectivity index (χ4v) is 1.72. The number of hydrogen-bond acceptors (Lipinski definition) is 2. The van der Waals surface area contributed by atoms with Crippen molar-refractivity contribution in [3.05, 3.63) is 29.6 Å². The van der Waals surface area contributed by atoms with E-state index in [9.17, 15) is 14.0 Å². The summed E-state index contributed by atoms with van der Waals surface area (Å²) in [5.41, 5.74) is 0.929. The predicted octanol–water partition coefficient (Wildman–Crippen LogP) is 1.79. The Kier molecular flexibility index (Phi) is 2.83. The van der Waals surface area contributed by atoms with Crippen LogP contribution >= 0.6 is 0 Å². The molecule has 1 aliphatic rings. The molecule has 1 amide bonds. The summed E-state index contributed by atoms with van der Waals surface area (Å²) in [5, 5.41) is 11.3. The molecule has 0 bridgehead atoms. The predicted molar refractivity (Wildman–Crippen MR) is 59.0 cm³/mol. The molecule has 17 heavy (non-hydrogen) atoms. The highest BCUT2D eigenvalue weighted by Crippen LogP contribution is 2.39. The monoisotopic (exact) mass is 237 g/mol. The Morgan fingerprint density at radius 3 is 2.65 bits per heavy atom. The van der Waals surface area contributed by atoms with Crippen LogP contribution in [0, 0.1) is 24.6 Å². The van der Waals surface area contributed by atoms with Gasteiger partial charge in [-0.15, -0.1) is 0 Å². The lowest BCUT2D eigenvalue weighted by Crippen LogP contribution is -2.16. The Morgan fingerprint density at radius 1 is 1.41 bits per heavy atom. The van der Waals surface area contributed by atoms with Gasteiger partial charge in [-0.1, -0.05) is 0 Å². The van der Waals surface area contributed by atoms with Crippen molar-refractivity contribution in [2.45, 2.75) is 13.3 Å². The van der Waals surface area contributed by atoms with E-state index < -0.39 is 17.8 Å². The molecule has 1 saturated carbocycles. The zero-order chi connectivity index (χ0) is 12.6. The van der Waals surface area contributed by atoms with Crippen molar-refractivity contribution in [3.8, 4) is 0 Å². The van der Waals surface area contributed by atoms with Gasteiger partial charge in [-0.3, -0.25) is 9.59 Å². The van der Waals surface area contributed by atoms with Gasteiger partial charge in [0.2, 0.25) is 5.91 Å². The first-order valence-corrected chi connectivity index (χ1v) is 5.29. The molecule has 4 nitrogen and oxygen atoms in total. The topological polar surface area (TPSA) is 66.4 Å². The Hall–Kier alpha value is -1.91. The van der Waals surface area contributed by atoms with Crippen molar-refractivity contribution in [2.24, 2.45) is 11.8 Å². The number of anilines is 1. The van der Waals surface area contributed by atoms with Gasteiger partial charge < -0.3 is 10.4 Å². The Labute approximate surface area is 97.4 Å². The summed E-state index contributed by atoms with van der Waals surface area (Å²) in [6.07, 6.45) is 0.376. The second kappa shape index (κ2) is 4.16. The number of halogens is 1. The smallest absolute Gasteiger partial charge is 0.307 e. The van der Waals surface area contributed by atoms with Crippen LogP contribution < -0.4 is 5.32 Å². The number of carbonyl (C=O) groups is 2. The Bertz CT molecular complexity index is 487. The SMILES string of the molecule is Cc1cc(NC(=O)[C@@H]2C[C@@H]2C(=O)O)ccc1F. The van der Waals surface area contributed by atoms with Crippen LogP contribution in [-0.4, -0.2) is 17.0 Å². The molecule has 1 fully saturated rings.